The summed E-state index contributed by atoms with van der Waals surface area (Å²) in [6.45, 7) is 0.482. The molecule has 18 heavy (non-hydrogen) atoms. The van der Waals surface area contributed by atoms with Crippen molar-refractivity contribution in [3.05, 3.63) is 17.4 Å². The minimum atomic E-state index is -3.23. The molecule has 0 unspecified atom stereocenters. The van der Waals surface area contributed by atoms with Gasteiger partial charge in [-0.3, -0.25) is 0 Å². The number of aromatic nitrogens is 2. The second-order valence-electron chi connectivity index (χ2n) is 3.89. The fourth-order valence-corrected chi connectivity index (χ4v) is 1.68. The van der Waals surface area contributed by atoms with E-state index < -0.39 is 10.0 Å². The van der Waals surface area contributed by atoms with Gasteiger partial charge in [0.25, 0.3) is 0 Å². The van der Waals surface area contributed by atoms with Gasteiger partial charge in [-0.15, -0.1) is 0 Å². The molecule has 1 aromatic heterocycles. The van der Waals surface area contributed by atoms with Crippen molar-refractivity contribution in [1.82, 2.24) is 19.0 Å². The summed E-state index contributed by atoms with van der Waals surface area (Å²) in [6, 6.07) is -0.371. The molecule has 0 atom stereocenters. The van der Waals surface area contributed by atoms with Gasteiger partial charge in [0.05, 0.1) is 23.7 Å². The summed E-state index contributed by atoms with van der Waals surface area (Å²) in [7, 11) is -0.213. The second-order valence-corrected chi connectivity index (χ2v) is 6.42. The highest BCUT2D eigenvalue weighted by Crippen LogP contribution is 2.05. The number of sulfonamides is 1. The number of rotatable bonds is 4. The first-order chi connectivity index (χ1) is 8.21. The van der Waals surface area contributed by atoms with E-state index in [1.165, 1.54) is 28.6 Å². The monoisotopic (exact) mass is 294 g/mol. The van der Waals surface area contributed by atoms with Crippen LogP contribution in [0, 0.1) is 0 Å². The number of hydrogen-bond donors (Lipinski definition) is 0. The molecule has 1 heterocycles. The zero-order chi connectivity index (χ0) is 13.9. The maximum Gasteiger partial charge on any atom is 0.344 e. The molecule has 0 radical (unpaired) electrons. The van der Waals surface area contributed by atoms with Crippen molar-refractivity contribution in [2.45, 2.75) is 0 Å². The van der Waals surface area contributed by atoms with Gasteiger partial charge in [-0.05, 0) is 0 Å². The summed E-state index contributed by atoms with van der Waals surface area (Å²) < 4.78 is 24.6. The molecule has 1 aromatic rings. The molecule has 0 aliphatic heterocycles. The molecule has 1 rings (SSSR count). The normalized spacial score (nSPS) is 11.8. The Labute approximate surface area is 111 Å². The maximum absolute atomic E-state index is 11.8. The SMILES string of the molecule is CN(CCN(C)S(C)(=O)=O)C(=O)n1cc(Cl)cn1. The number of carbonyl (C=O) groups is 1. The topological polar surface area (TPSA) is 75.5 Å². The molecule has 0 aromatic carbocycles. The fourth-order valence-electron chi connectivity index (χ4n) is 1.13. The third-order valence-corrected chi connectivity index (χ3v) is 3.90. The van der Waals surface area contributed by atoms with Gasteiger partial charge >= 0.3 is 6.03 Å². The van der Waals surface area contributed by atoms with Gasteiger partial charge in [0, 0.05) is 27.2 Å². The number of halogens is 1. The van der Waals surface area contributed by atoms with Gasteiger partial charge in [-0.1, -0.05) is 11.6 Å². The molecule has 0 spiro atoms. The largest absolute Gasteiger partial charge is 0.344 e. The van der Waals surface area contributed by atoms with Gasteiger partial charge in [-0.2, -0.15) is 9.78 Å². The van der Waals surface area contributed by atoms with Gasteiger partial charge in [0.1, 0.15) is 0 Å². The Hall–Kier alpha value is -1.12. The zero-order valence-electron chi connectivity index (χ0n) is 10.4. The average molecular weight is 295 g/mol. The lowest BCUT2D eigenvalue weighted by Gasteiger charge is -2.20. The Balaban J connectivity index is 2.56. The highest BCUT2D eigenvalue weighted by Gasteiger charge is 2.15. The third kappa shape index (κ3) is 3.97. The van der Waals surface area contributed by atoms with Crippen LogP contribution in [0.3, 0.4) is 0 Å². The Morgan fingerprint density at radius 3 is 2.50 bits per heavy atom. The van der Waals surface area contributed by atoms with Crippen molar-refractivity contribution in [3.63, 3.8) is 0 Å². The van der Waals surface area contributed by atoms with Gasteiger partial charge < -0.3 is 4.90 Å². The van der Waals surface area contributed by atoms with Crippen molar-refractivity contribution >= 4 is 27.7 Å². The lowest BCUT2D eigenvalue weighted by Crippen LogP contribution is -2.38. The van der Waals surface area contributed by atoms with E-state index in [1.54, 1.807) is 7.05 Å². The fraction of sp³-hybridized carbons (Fsp3) is 0.556. The molecule has 0 fully saturated rings. The van der Waals surface area contributed by atoms with E-state index in [4.69, 9.17) is 11.6 Å². The highest BCUT2D eigenvalue weighted by molar-refractivity contribution is 7.88. The molecule has 9 heteroatoms. The Morgan fingerprint density at radius 2 is 2.06 bits per heavy atom. The molecule has 0 N–H and O–H groups in total. The van der Waals surface area contributed by atoms with Crippen molar-refractivity contribution < 1.29 is 13.2 Å². The molecular formula is C9H15ClN4O3S. The number of amides is 1. The van der Waals surface area contributed by atoms with Crippen molar-refractivity contribution in [2.75, 3.05) is 33.4 Å². The minimum Gasteiger partial charge on any atom is -0.325 e. The van der Waals surface area contributed by atoms with E-state index >= 15 is 0 Å². The van der Waals surface area contributed by atoms with Crippen LogP contribution in [0.2, 0.25) is 5.02 Å². The van der Waals surface area contributed by atoms with Gasteiger partial charge in [0.2, 0.25) is 10.0 Å². The average Bonchev–Trinajstić information content (AvgIpc) is 2.69. The molecule has 102 valence electrons. The number of hydrogen-bond acceptors (Lipinski definition) is 4. The first-order valence-corrected chi connectivity index (χ1v) is 7.31. The second kappa shape index (κ2) is 5.68. The minimum absolute atomic E-state index is 0.218. The van der Waals surface area contributed by atoms with Crippen LogP contribution in [0.15, 0.2) is 12.4 Å². The van der Waals surface area contributed by atoms with E-state index in [0.717, 1.165) is 10.9 Å². The highest BCUT2D eigenvalue weighted by atomic mass is 35.5. The summed E-state index contributed by atoms with van der Waals surface area (Å²) >= 11 is 5.65. The van der Waals surface area contributed by atoms with Gasteiger partial charge in [-0.25, -0.2) is 17.5 Å². The first kappa shape index (κ1) is 14.9. The summed E-state index contributed by atoms with van der Waals surface area (Å²) in [5.74, 6) is 0. The van der Waals surface area contributed by atoms with Crippen LogP contribution >= 0.6 is 11.6 Å². The van der Waals surface area contributed by atoms with Crippen LogP contribution in [0.5, 0.6) is 0 Å². The molecule has 0 aliphatic carbocycles. The standard InChI is InChI=1S/C9H15ClN4O3S/c1-12(4-5-13(2)18(3,16)17)9(15)14-7-8(10)6-11-14/h6-7H,4-5H2,1-3H3. The van der Waals surface area contributed by atoms with Crippen LogP contribution in [0.25, 0.3) is 0 Å². The lowest BCUT2D eigenvalue weighted by molar-refractivity contribution is 0.205. The molecule has 0 bridgehead atoms. The summed E-state index contributed by atoms with van der Waals surface area (Å²) in [4.78, 5) is 13.2. The lowest BCUT2D eigenvalue weighted by atomic mass is 10.5. The van der Waals surface area contributed by atoms with Gasteiger partial charge in [0.15, 0.2) is 0 Å². The predicted octanol–water partition coefficient (Wildman–Crippen LogP) is 0.328. The molecule has 0 saturated heterocycles. The van der Waals surface area contributed by atoms with Crippen LogP contribution in [0.4, 0.5) is 4.79 Å². The first-order valence-electron chi connectivity index (χ1n) is 5.09. The van der Waals surface area contributed by atoms with E-state index in [9.17, 15) is 13.2 Å². The van der Waals surface area contributed by atoms with Crippen LogP contribution in [0.1, 0.15) is 0 Å². The van der Waals surface area contributed by atoms with E-state index in [0.29, 0.717) is 5.02 Å². The Morgan fingerprint density at radius 1 is 1.44 bits per heavy atom. The number of nitrogens with zero attached hydrogens (tertiary/aromatic N) is 4. The number of carbonyl (C=O) groups excluding carboxylic acids is 1. The number of likely N-dealkylation sites (N-methyl/N-ethyl adjacent to an activating group) is 2. The van der Waals surface area contributed by atoms with Crippen molar-refractivity contribution in [3.8, 4) is 0 Å². The summed E-state index contributed by atoms with van der Waals surface area (Å²) in [6.07, 6.45) is 3.86. The summed E-state index contributed by atoms with van der Waals surface area (Å²) in [5.41, 5.74) is 0. The predicted molar refractivity (Wildman–Crippen MR) is 68.1 cm³/mol. The molecule has 0 saturated carbocycles. The van der Waals surface area contributed by atoms with Crippen LogP contribution < -0.4 is 0 Å². The van der Waals surface area contributed by atoms with E-state index in [1.807, 2.05) is 0 Å². The van der Waals surface area contributed by atoms with E-state index in [2.05, 4.69) is 5.10 Å². The zero-order valence-corrected chi connectivity index (χ0v) is 11.9. The smallest absolute Gasteiger partial charge is 0.325 e. The molecule has 0 aliphatic rings. The molecule has 7 nitrogen and oxygen atoms in total. The van der Waals surface area contributed by atoms with E-state index in [-0.39, 0.29) is 19.1 Å². The summed E-state index contributed by atoms with van der Waals surface area (Å²) in [5, 5.41) is 4.14. The van der Waals surface area contributed by atoms with Crippen molar-refractivity contribution in [1.29, 1.82) is 0 Å². The maximum atomic E-state index is 11.8. The van der Waals surface area contributed by atoms with Crippen LogP contribution in [-0.2, 0) is 10.0 Å². The third-order valence-electron chi connectivity index (χ3n) is 2.39. The quantitative estimate of drug-likeness (QED) is 0.802. The molecular weight excluding hydrogens is 280 g/mol. The molecule has 1 amide bonds. The Kier molecular flexibility index (Phi) is 4.71. The van der Waals surface area contributed by atoms with Crippen LogP contribution in [-0.4, -0.2) is 66.9 Å². The van der Waals surface area contributed by atoms with Crippen molar-refractivity contribution in [2.24, 2.45) is 0 Å². The Bertz CT molecular complexity index is 528.